The molecule has 120 valence electrons. The van der Waals surface area contributed by atoms with Crippen molar-refractivity contribution in [3.63, 3.8) is 0 Å². The van der Waals surface area contributed by atoms with Crippen LogP contribution in [-0.4, -0.2) is 18.2 Å². The molecule has 0 spiro atoms. The summed E-state index contributed by atoms with van der Waals surface area (Å²) in [6.07, 6.45) is 2.22. The predicted molar refractivity (Wildman–Crippen MR) is 88.0 cm³/mol. The molecule has 0 bridgehead atoms. The fourth-order valence-corrected chi connectivity index (χ4v) is 2.32. The van der Waals surface area contributed by atoms with E-state index in [1.807, 2.05) is 54.6 Å². The second kappa shape index (κ2) is 8.15. The van der Waals surface area contributed by atoms with Crippen LogP contribution in [0.4, 0.5) is 0 Å². The topological polar surface area (TPSA) is 55.8 Å². The van der Waals surface area contributed by atoms with E-state index < -0.39 is 12.1 Å². The Balaban J connectivity index is 2.34. The molecule has 2 aromatic rings. The summed E-state index contributed by atoms with van der Waals surface area (Å²) in [5.41, 5.74) is 1.65. The SMILES string of the molecule is COc1cccc([C@H](/C=C\OC(C)=O)[C@@H](O)c2ccccc2)c1. The lowest BCUT2D eigenvalue weighted by Crippen LogP contribution is -2.09. The number of esters is 1. The molecule has 23 heavy (non-hydrogen) atoms. The molecule has 4 nitrogen and oxygen atoms in total. The predicted octanol–water partition coefficient (Wildman–Crippen LogP) is 3.59. The van der Waals surface area contributed by atoms with Gasteiger partial charge in [0.15, 0.2) is 0 Å². The Kier molecular flexibility index (Phi) is 5.94. The van der Waals surface area contributed by atoms with Gasteiger partial charge in [-0.25, -0.2) is 0 Å². The van der Waals surface area contributed by atoms with Crippen LogP contribution in [0, 0.1) is 0 Å². The number of rotatable bonds is 6. The molecule has 0 aromatic heterocycles. The van der Waals surface area contributed by atoms with Crippen molar-refractivity contribution in [3.8, 4) is 5.75 Å². The summed E-state index contributed by atoms with van der Waals surface area (Å²) in [6, 6.07) is 16.8. The number of methoxy groups -OCH3 is 1. The maximum Gasteiger partial charge on any atom is 0.307 e. The van der Waals surface area contributed by atoms with E-state index in [4.69, 9.17) is 9.47 Å². The maximum atomic E-state index is 10.9. The van der Waals surface area contributed by atoms with Gasteiger partial charge >= 0.3 is 5.97 Å². The third kappa shape index (κ3) is 4.69. The van der Waals surface area contributed by atoms with Crippen LogP contribution >= 0.6 is 0 Å². The molecular formula is C19H20O4. The highest BCUT2D eigenvalue weighted by atomic mass is 16.5. The summed E-state index contributed by atoms with van der Waals surface area (Å²) in [5, 5.41) is 10.7. The molecule has 0 radical (unpaired) electrons. The van der Waals surface area contributed by atoms with Gasteiger partial charge in [0.2, 0.25) is 0 Å². The van der Waals surface area contributed by atoms with E-state index in [9.17, 15) is 9.90 Å². The molecule has 2 atom stereocenters. The third-order valence-electron chi connectivity index (χ3n) is 3.48. The summed E-state index contributed by atoms with van der Waals surface area (Å²) in [4.78, 5) is 10.9. The second-order valence-electron chi connectivity index (χ2n) is 5.10. The minimum atomic E-state index is -0.768. The number of aliphatic hydroxyl groups is 1. The highest BCUT2D eigenvalue weighted by molar-refractivity contribution is 5.66. The second-order valence-corrected chi connectivity index (χ2v) is 5.10. The molecule has 0 aliphatic carbocycles. The van der Waals surface area contributed by atoms with Gasteiger partial charge in [-0.15, -0.1) is 0 Å². The van der Waals surface area contributed by atoms with Gasteiger partial charge < -0.3 is 14.6 Å². The molecule has 0 aliphatic heterocycles. The standard InChI is InChI=1S/C19H20O4/c1-14(20)23-12-11-18(16-9-6-10-17(13-16)22-2)19(21)15-7-4-3-5-8-15/h3-13,18-19,21H,1-2H3/b12-11-/t18-,19-/m0/s1. The van der Waals surface area contributed by atoms with Crippen LogP contribution in [-0.2, 0) is 9.53 Å². The molecule has 0 fully saturated rings. The molecule has 0 amide bonds. The zero-order chi connectivity index (χ0) is 16.7. The molecule has 0 aliphatic rings. The average Bonchev–Trinajstić information content (AvgIpc) is 2.59. The first-order chi connectivity index (χ1) is 11.1. The van der Waals surface area contributed by atoms with Crippen molar-refractivity contribution in [1.82, 2.24) is 0 Å². The van der Waals surface area contributed by atoms with E-state index in [1.54, 1.807) is 13.2 Å². The summed E-state index contributed by atoms with van der Waals surface area (Å²) in [6.45, 7) is 1.33. The van der Waals surface area contributed by atoms with Gasteiger partial charge in [0.05, 0.1) is 19.5 Å². The minimum absolute atomic E-state index is 0.369. The van der Waals surface area contributed by atoms with Crippen LogP contribution < -0.4 is 4.74 Å². The van der Waals surface area contributed by atoms with Gasteiger partial charge in [0.1, 0.15) is 5.75 Å². The average molecular weight is 312 g/mol. The number of benzene rings is 2. The fraction of sp³-hybridized carbons (Fsp3) is 0.211. The Morgan fingerprint density at radius 3 is 2.43 bits per heavy atom. The molecule has 0 unspecified atom stereocenters. The van der Waals surface area contributed by atoms with E-state index >= 15 is 0 Å². The largest absolute Gasteiger partial charge is 0.497 e. The van der Waals surface area contributed by atoms with Gasteiger partial charge in [-0.2, -0.15) is 0 Å². The Hall–Kier alpha value is -2.59. The quantitative estimate of drug-likeness (QED) is 0.654. The van der Waals surface area contributed by atoms with Gasteiger partial charge in [0, 0.05) is 12.8 Å². The van der Waals surface area contributed by atoms with Crippen molar-refractivity contribution in [2.75, 3.05) is 7.11 Å². The van der Waals surface area contributed by atoms with Crippen molar-refractivity contribution >= 4 is 5.97 Å². The van der Waals surface area contributed by atoms with Crippen molar-refractivity contribution in [3.05, 3.63) is 78.1 Å². The molecule has 1 N–H and O–H groups in total. The molecule has 2 aromatic carbocycles. The van der Waals surface area contributed by atoms with Crippen LogP contribution in [0.3, 0.4) is 0 Å². The molecule has 0 heterocycles. The highest BCUT2D eigenvalue weighted by Crippen LogP contribution is 2.33. The zero-order valence-electron chi connectivity index (χ0n) is 13.2. The fourth-order valence-electron chi connectivity index (χ4n) is 2.32. The maximum absolute atomic E-state index is 10.9. The number of hydrogen-bond donors (Lipinski definition) is 1. The van der Waals surface area contributed by atoms with Gasteiger partial charge in [-0.3, -0.25) is 4.79 Å². The summed E-state index contributed by atoms with van der Waals surface area (Å²) in [5.74, 6) is -0.0691. The van der Waals surface area contributed by atoms with Crippen molar-refractivity contribution < 1.29 is 19.4 Å². The molecule has 0 saturated heterocycles. The van der Waals surface area contributed by atoms with Crippen LogP contribution in [0.5, 0.6) is 5.75 Å². The third-order valence-corrected chi connectivity index (χ3v) is 3.48. The van der Waals surface area contributed by atoms with E-state index in [1.165, 1.54) is 13.2 Å². The molecule has 2 rings (SSSR count). The van der Waals surface area contributed by atoms with E-state index in [0.717, 1.165) is 11.1 Å². The van der Waals surface area contributed by atoms with Crippen LogP contribution in [0.25, 0.3) is 0 Å². The summed E-state index contributed by atoms with van der Waals surface area (Å²) in [7, 11) is 1.59. The lowest BCUT2D eigenvalue weighted by molar-refractivity contribution is -0.135. The summed E-state index contributed by atoms with van der Waals surface area (Å²) >= 11 is 0. The van der Waals surface area contributed by atoms with Crippen LogP contribution in [0.15, 0.2) is 66.9 Å². The first kappa shape index (κ1) is 16.8. The number of carbonyl (C=O) groups excluding carboxylic acids is 1. The van der Waals surface area contributed by atoms with Gasteiger partial charge in [-0.1, -0.05) is 42.5 Å². The van der Waals surface area contributed by atoms with E-state index in [-0.39, 0.29) is 5.92 Å². The number of carbonyl (C=O) groups is 1. The monoisotopic (exact) mass is 312 g/mol. The Morgan fingerprint density at radius 2 is 1.78 bits per heavy atom. The summed E-state index contributed by atoms with van der Waals surface area (Å²) < 4.78 is 10.1. The zero-order valence-corrected chi connectivity index (χ0v) is 13.2. The van der Waals surface area contributed by atoms with E-state index in [2.05, 4.69) is 0 Å². The van der Waals surface area contributed by atoms with Gasteiger partial charge in [0.25, 0.3) is 0 Å². The normalized spacial score (nSPS) is 13.5. The Morgan fingerprint density at radius 1 is 1.09 bits per heavy atom. The Labute approximate surface area is 136 Å². The molecular weight excluding hydrogens is 292 g/mol. The van der Waals surface area contributed by atoms with Crippen molar-refractivity contribution in [1.29, 1.82) is 0 Å². The number of aliphatic hydroxyl groups excluding tert-OH is 1. The number of hydrogen-bond acceptors (Lipinski definition) is 4. The molecule has 0 saturated carbocycles. The first-order valence-electron chi connectivity index (χ1n) is 7.32. The Bertz CT molecular complexity index is 664. The van der Waals surface area contributed by atoms with Crippen molar-refractivity contribution in [2.24, 2.45) is 0 Å². The number of ether oxygens (including phenoxy) is 2. The first-order valence-corrected chi connectivity index (χ1v) is 7.32. The lowest BCUT2D eigenvalue weighted by atomic mass is 9.89. The highest BCUT2D eigenvalue weighted by Gasteiger charge is 2.21. The van der Waals surface area contributed by atoms with Crippen LogP contribution in [0.1, 0.15) is 30.1 Å². The smallest absolute Gasteiger partial charge is 0.307 e. The molecule has 4 heteroatoms. The lowest BCUT2D eigenvalue weighted by Gasteiger charge is -2.21. The van der Waals surface area contributed by atoms with Crippen molar-refractivity contribution in [2.45, 2.75) is 18.9 Å². The van der Waals surface area contributed by atoms with E-state index in [0.29, 0.717) is 5.75 Å². The van der Waals surface area contributed by atoms with Crippen LogP contribution in [0.2, 0.25) is 0 Å². The van der Waals surface area contributed by atoms with Gasteiger partial charge in [-0.05, 0) is 29.3 Å². The minimum Gasteiger partial charge on any atom is -0.497 e.